The number of hydrogen-bond acceptors (Lipinski definition) is 2. The van der Waals surface area contributed by atoms with E-state index >= 15 is 0 Å². The molecule has 2 rings (SSSR count). The molecule has 4 heteroatoms. The molecule has 1 N–H and O–H groups in total. The minimum Gasteiger partial charge on any atom is -0.324 e. The Morgan fingerprint density at radius 1 is 1.18 bits per heavy atom. The molecule has 0 spiro atoms. The largest absolute Gasteiger partial charge is 0.332 e. The van der Waals surface area contributed by atoms with E-state index in [0.29, 0.717) is 0 Å². The fourth-order valence-corrected chi connectivity index (χ4v) is 3.09. The summed E-state index contributed by atoms with van der Waals surface area (Å²) in [6.45, 7) is 1.96. The van der Waals surface area contributed by atoms with Crippen molar-refractivity contribution in [2.75, 3.05) is 6.61 Å². The van der Waals surface area contributed by atoms with Crippen LogP contribution in [0.3, 0.4) is 0 Å². The van der Waals surface area contributed by atoms with Gasteiger partial charge in [-0.3, -0.25) is 4.57 Å². The lowest BCUT2D eigenvalue weighted by atomic mass is 10.1. The van der Waals surface area contributed by atoms with Crippen LogP contribution in [0, 0.1) is 0 Å². The monoisotopic (exact) mass is 250 g/mol. The van der Waals surface area contributed by atoms with Gasteiger partial charge in [-0.05, 0) is 23.3 Å². The molecule has 2 aromatic carbocycles. The molecular weight excluding hydrogens is 235 g/mol. The summed E-state index contributed by atoms with van der Waals surface area (Å²) in [5.41, 5.74) is 0.849. The SMILES string of the molecule is CCOP(=O)(O)Cc1cccc2ccccc12. The van der Waals surface area contributed by atoms with E-state index in [0.717, 1.165) is 16.3 Å². The highest BCUT2D eigenvalue weighted by Gasteiger charge is 2.20. The van der Waals surface area contributed by atoms with E-state index in [9.17, 15) is 9.46 Å². The van der Waals surface area contributed by atoms with E-state index in [1.807, 2.05) is 42.5 Å². The fourth-order valence-electron chi connectivity index (χ4n) is 1.89. The lowest BCUT2D eigenvalue weighted by Gasteiger charge is -2.12. The van der Waals surface area contributed by atoms with Crippen LogP contribution in [0.25, 0.3) is 10.8 Å². The van der Waals surface area contributed by atoms with Crippen molar-refractivity contribution in [2.45, 2.75) is 13.1 Å². The Morgan fingerprint density at radius 3 is 2.65 bits per heavy atom. The summed E-state index contributed by atoms with van der Waals surface area (Å²) in [5.74, 6) is 0. The number of hydrogen-bond donors (Lipinski definition) is 1. The Bertz CT molecular complexity index is 560. The summed E-state index contributed by atoms with van der Waals surface area (Å²) < 4.78 is 16.7. The molecule has 0 saturated heterocycles. The van der Waals surface area contributed by atoms with Crippen molar-refractivity contribution in [2.24, 2.45) is 0 Å². The van der Waals surface area contributed by atoms with Gasteiger partial charge in [0.1, 0.15) is 0 Å². The Labute approximate surface area is 101 Å². The summed E-state index contributed by atoms with van der Waals surface area (Å²) in [4.78, 5) is 9.66. The van der Waals surface area contributed by atoms with Crippen molar-refractivity contribution in [3.05, 3.63) is 48.0 Å². The molecule has 0 aromatic heterocycles. The number of fused-ring (bicyclic) bond motifs is 1. The van der Waals surface area contributed by atoms with Gasteiger partial charge in [0.15, 0.2) is 0 Å². The Balaban J connectivity index is 2.39. The van der Waals surface area contributed by atoms with Gasteiger partial charge in [0.05, 0.1) is 12.8 Å². The van der Waals surface area contributed by atoms with E-state index in [1.54, 1.807) is 6.92 Å². The molecule has 0 amide bonds. The molecule has 0 radical (unpaired) electrons. The van der Waals surface area contributed by atoms with Crippen LogP contribution in [0.4, 0.5) is 0 Å². The summed E-state index contributed by atoms with van der Waals surface area (Å²) >= 11 is 0. The van der Waals surface area contributed by atoms with Gasteiger partial charge in [-0.1, -0.05) is 42.5 Å². The van der Waals surface area contributed by atoms with Crippen LogP contribution in [-0.2, 0) is 15.3 Å². The first-order chi connectivity index (χ1) is 8.12. The molecule has 2 aromatic rings. The maximum Gasteiger partial charge on any atom is 0.332 e. The van der Waals surface area contributed by atoms with Crippen LogP contribution >= 0.6 is 7.60 Å². The standard InChI is InChI=1S/C13H15O3P/c1-2-16-17(14,15)10-12-8-5-7-11-6-3-4-9-13(11)12/h3-9H,2,10H2,1H3,(H,14,15). The van der Waals surface area contributed by atoms with E-state index in [4.69, 9.17) is 4.52 Å². The normalized spacial score (nSPS) is 14.7. The highest BCUT2D eigenvalue weighted by atomic mass is 31.2. The van der Waals surface area contributed by atoms with Gasteiger partial charge in [-0.15, -0.1) is 0 Å². The predicted octanol–water partition coefficient (Wildman–Crippen LogP) is 3.56. The smallest absolute Gasteiger partial charge is 0.324 e. The zero-order valence-electron chi connectivity index (χ0n) is 9.67. The van der Waals surface area contributed by atoms with Gasteiger partial charge >= 0.3 is 7.60 Å². The van der Waals surface area contributed by atoms with Crippen LogP contribution in [0.1, 0.15) is 12.5 Å². The molecule has 0 fully saturated rings. The molecule has 0 bridgehead atoms. The van der Waals surface area contributed by atoms with Gasteiger partial charge in [-0.2, -0.15) is 0 Å². The third-order valence-electron chi connectivity index (χ3n) is 2.58. The van der Waals surface area contributed by atoms with E-state index in [1.165, 1.54) is 0 Å². The van der Waals surface area contributed by atoms with Gasteiger partial charge in [-0.25, -0.2) is 0 Å². The zero-order chi connectivity index (χ0) is 12.3. The lowest BCUT2D eigenvalue weighted by molar-refractivity contribution is 0.273. The molecule has 1 unspecified atom stereocenters. The summed E-state index contributed by atoms with van der Waals surface area (Å²) in [6.07, 6.45) is 0.0577. The van der Waals surface area contributed by atoms with Crippen LogP contribution in [0.2, 0.25) is 0 Å². The fraction of sp³-hybridized carbons (Fsp3) is 0.231. The van der Waals surface area contributed by atoms with Crippen molar-refractivity contribution < 1.29 is 14.0 Å². The number of benzene rings is 2. The molecule has 0 aliphatic rings. The maximum absolute atomic E-state index is 11.8. The van der Waals surface area contributed by atoms with E-state index in [-0.39, 0.29) is 12.8 Å². The third kappa shape index (κ3) is 2.95. The second-order valence-corrected chi connectivity index (χ2v) is 5.70. The molecule has 90 valence electrons. The quantitative estimate of drug-likeness (QED) is 0.844. The molecule has 0 aliphatic carbocycles. The van der Waals surface area contributed by atoms with Crippen LogP contribution in [0.15, 0.2) is 42.5 Å². The minimum absolute atomic E-state index is 0.0577. The first kappa shape index (κ1) is 12.3. The van der Waals surface area contributed by atoms with Crippen LogP contribution in [-0.4, -0.2) is 11.5 Å². The first-order valence-electron chi connectivity index (χ1n) is 5.55. The average molecular weight is 250 g/mol. The summed E-state index contributed by atoms with van der Waals surface area (Å²) in [5, 5.41) is 2.07. The molecule has 1 atom stereocenters. The van der Waals surface area contributed by atoms with Crippen molar-refractivity contribution >= 4 is 18.4 Å². The lowest BCUT2D eigenvalue weighted by Crippen LogP contribution is -1.94. The predicted molar refractivity (Wildman–Crippen MR) is 69.1 cm³/mol. The minimum atomic E-state index is -3.52. The van der Waals surface area contributed by atoms with Gasteiger partial charge in [0, 0.05) is 0 Å². The van der Waals surface area contributed by atoms with Crippen molar-refractivity contribution in [1.29, 1.82) is 0 Å². The van der Waals surface area contributed by atoms with Crippen molar-refractivity contribution in [1.82, 2.24) is 0 Å². The Morgan fingerprint density at radius 2 is 1.88 bits per heavy atom. The summed E-state index contributed by atoms with van der Waals surface area (Å²) in [7, 11) is -3.52. The molecule has 0 saturated carbocycles. The number of rotatable bonds is 4. The maximum atomic E-state index is 11.8. The van der Waals surface area contributed by atoms with Crippen LogP contribution < -0.4 is 0 Å². The zero-order valence-corrected chi connectivity index (χ0v) is 10.6. The Kier molecular flexibility index (Phi) is 3.63. The second-order valence-electron chi connectivity index (χ2n) is 3.85. The molecular formula is C13H15O3P. The average Bonchev–Trinajstić information content (AvgIpc) is 2.29. The first-order valence-corrected chi connectivity index (χ1v) is 7.31. The highest BCUT2D eigenvalue weighted by Crippen LogP contribution is 2.46. The van der Waals surface area contributed by atoms with E-state index in [2.05, 4.69) is 0 Å². The molecule has 3 nitrogen and oxygen atoms in total. The molecule has 0 aliphatic heterocycles. The Hall–Kier alpha value is -1.15. The van der Waals surface area contributed by atoms with Gasteiger partial charge in [0.2, 0.25) is 0 Å². The van der Waals surface area contributed by atoms with Crippen molar-refractivity contribution in [3.8, 4) is 0 Å². The molecule has 17 heavy (non-hydrogen) atoms. The molecule has 0 heterocycles. The third-order valence-corrected chi connectivity index (χ3v) is 3.98. The van der Waals surface area contributed by atoms with Crippen molar-refractivity contribution in [3.63, 3.8) is 0 Å². The van der Waals surface area contributed by atoms with Gasteiger partial charge < -0.3 is 9.42 Å². The van der Waals surface area contributed by atoms with Crippen LogP contribution in [0.5, 0.6) is 0 Å². The topological polar surface area (TPSA) is 46.5 Å². The highest BCUT2D eigenvalue weighted by molar-refractivity contribution is 7.52. The van der Waals surface area contributed by atoms with E-state index < -0.39 is 7.60 Å². The van der Waals surface area contributed by atoms with Gasteiger partial charge in [0.25, 0.3) is 0 Å². The second kappa shape index (κ2) is 5.01. The summed E-state index contributed by atoms with van der Waals surface area (Å²) in [6, 6.07) is 13.6.